The Morgan fingerprint density at radius 1 is 1.10 bits per heavy atom. The largest absolute Gasteiger partial charge is 0.507 e. The average molecular weight is 305 g/mol. The number of phenolic OH excluding ortho intramolecular Hbond substituents is 1. The summed E-state index contributed by atoms with van der Waals surface area (Å²) in [5, 5.41) is 12.4. The minimum absolute atomic E-state index is 0.00473. The van der Waals surface area contributed by atoms with E-state index in [9.17, 15) is 13.5 Å². The predicted molar refractivity (Wildman–Crippen MR) is 84.3 cm³/mol. The molecular weight excluding hydrogens is 286 g/mol. The van der Waals surface area contributed by atoms with Crippen molar-refractivity contribution < 1.29 is 13.5 Å². The number of hydrogen-bond acceptors (Lipinski definition) is 4. The molecule has 5 heteroatoms. The van der Waals surface area contributed by atoms with E-state index in [1.807, 2.05) is 43.3 Å². The third-order valence-corrected chi connectivity index (χ3v) is 5.92. The summed E-state index contributed by atoms with van der Waals surface area (Å²) in [6, 6.07) is 11.7. The Labute approximate surface area is 124 Å². The average Bonchev–Trinajstić information content (AvgIpc) is 2.47. The standard InChI is InChI=1S/C16H19NO3S/c1-12(17-8-10-21(19,20)11-9-17)14-7-6-13-4-2-3-5-15(13)16(14)18/h2-7,12,18H,8-11H2,1H3. The van der Waals surface area contributed by atoms with Gasteiger partial charge in [-0.1, -0.05) is 36.4 Å². The fourth-order valence-corrected chi connectivity index (χ4v) is 4.15. The zero-order valence-electron chi connectivity index (χ0n) is 12.0. The second kappa shape index (κ2) is 5.31. The molecular formula is C16H19NO3S. The zero-order chi connectivity index (χ0) is 15.0. The normalized spacial score (nSPS) is 20.4. The van der Waals surface area contributed by atoms with Gasteiger partial charge in [-0.05, 0) is 12.3 Å². The minimum atomic E-state index is -2.88. The number of fused-ring (bicyclic) bond motifs is 1. The Hall–Kier alpha value is -1.59. The molecule has 0 saturated carbocycles. The van der Waals surface area contributed by atoms with Gasteiger partial charge in [-0.15, -0.1) is 0 Å². The van der Waals surface area contributed by atoms with Crippen LogP contribution in [0.15, 0.2) is 36.4 Å². The molecule has 0 aromatic heterocycles. The fourth-order valence-electron chi connectivity index (χ4n) is 2.92. The lowest BCUT2D eigenvalue weighted by atomic mass is 10.00. The highest BCUT2D eigenvalue weighted by molar-refractivity contribution is 7.91. The highest BCUT2D eigenvalue weighted by Crippen LogP contribution is 2.35. The smallest absolute Gasteiger partial charge is 0.152 e. The molecule has 1 fully saturated rings. The van der Waals surface area contributed by atoms with Crippen LogP contribution in [0.3, 0.4) is 0 Å². The molecule has 0 amide bonds. The number of hydrogen-bond donors (Lipinski definition) is 1. The van der Waals surface area contributed by atoms with E-state index in [-0.39, 0.29) is 17.5 Å². The number of phenols is 1. The first-order valence-electron chi connectivity index (χ1n) is 7.13. The summed E-state index contributed by atoms with van der Waals surface area (Å²) in [6.07, 6.45) is 0. The summed E-state index contributed by atoms with van der Waals surface area (Å²) in [6.45, 7) is 3.06. The molecule has 1 heterocycles. The van der Waals surface area contributed by atoms with Crippen LogP contribution in [0.25, 0.3) is 10.8 Å². The molecule has 0 bridgehead atoms. The topological polar surface area (TPSA) is 57.6 Å². The third-order valence-electron chi connectivity index (χ3n) is 4.31. The van der Waals surface area contributed by atoms with Gasteiger partial charge in [-0.2, -0.15) is 0 Å². The summed E-state index contributed by atoms with van der Waals surface area (Å²) < 4.78 is 23.0. The van der Waals surface area contributed by atoms with Crippen LogP contribution < -0.4 is 0 Å². The maximum atomic E-state index is 11.5. The third kappa shape index (κ3) is 2.76. The van der Waals surface area contributed by atoms with Gasteiger partial charge < -0.3 is 5.11 Å². The number of benzene rings is 2. The van der Waals surface area contributed by atoms with E-state index in [1.54, 1.807) is 0 Å². The maximum absolute atomic E-state index is 11.5. The monoisotopic (exact) mass is 305 g/mol. The SMILES string of the molecule is CC(c1ccc2ccccc2c1O)N1CCS(=O)(=O)CC1. The number of sulfone groups is 1. The first kappa shape index (κ1) is 14.4. The van der Waals surface area contributed by atoms with E-state index >= 15 is 0 Å². The minimum Gasteiger partial charge on any atom is -0.507 e. The summed E-state index contributed by atoms with van der Waals surface area (Å²) in [5.41, 5.74) is 0.855. The van der Waals surface area contributed by atoms with Crippen molar-refractivity contribution in [2.24, 2.45) is 0 Å². The Balaban J connectivity index is 1.91. The van der Waals surface area contributed by atoms with E-state index in [0.717, 1.165) is 16.3 Å². The van der Waals surface area contributed by atoms with E-state index in [4.69, 9.17) is 0 Å². The van der Waals surface area contributed by atoms with Gasteiger partial charge in [0, 0.05) is 30.1 Å². The van der Waals surface area contributed by atoms with Crippen molar-refractivity contribution in [2.45, 2.75) is 13.0 Å². The predicted octanol–water partition coefficient (Wildman–Crippen LogP) is 2.34. The van der Waals surface area contributed by atoms with Crippen LogP contribution in [0.4, 0.5) is 0 Å². The van der Waals surface area contributed by atoms with Crippen molar-refractivity contribution in [1.29, 1.82) is 0 Å². The Morgan fingerprint density at radius 3 is 2.48 bits per heavy atom. The molecule has 1 saturated heterocycles. The van der Waals surface area contributed by atoms with E-state index < -0.39 is 9.84 Å². The van der Waals surface area contributed by atoms with E-state index in [1.165, 1.54) is 0 Å². The van der Waals surface area contributed by atoms with Crippen LogP contribution >= 0.6 is 0 Å². The summed E-state index contributed by atoms with van der Waals surface area (Å²) >= 11 is 0. The second-order valence-electron chi connectivity index (χ2n) is 5.59. The summed E-state index contributed by atoms with van der Waals surface area (Å²) in [4.78, 5) is 2.12. The molecule has 112 valence electrons. The molecule has 0 radical (unpaired) electrons. The van der Waals surface area contributed by atoms with Crippen LogP contribution in [-0.4, -0.2) is 43.0 Å². The highest BCUT2D eigenvalue weighted by atomic mass is 32.2. The van der Waals surface area contributed by atoms with Gasteiger partial charge in [0.05, 0.1) is 11.5 Å². The number of aromatic hydroxyl groups is 1. The second-order valence-corrected chi connectivity index (χ2v) is 7.89. The maximum Gasteiger partial charge on any atom is 0.152 e. The molecule has 21 heavy (non-hydrogen) atoms. The fraction of sp³-hybridized carbons (Fsp3) is 0.375. The van der Waals surface area contributed by atoms with E-state index in [0.29, 0.717) is 18.8 Å². The molecule has 0 aliphatic carbocycles. The Kier molecular flexibility index (Phi) is 3.63. The molecule has 4 nitrogen and oxygen atoms in total. The van der Waals surface area contributed by atoms with Crippen molar-refractivity contribution in [3.8, 4) is 5.75 Å². The van der Waals surface area contributed by atoms with Gasteiger partial charge in [0.2, 0.25) is 0 Å². The lowest BCUT2D eigenvalue weighted by molar-refractivity contribution is 0.225. The van der Waals surface area contributed by atoms with Crippen LogP contribution in [0, 0.1) is 0 Å². The van der Waals surface area contributed by atoms with Gasteiger partial charge in [0.1, 0.15) is 5.75 Å². The molecule has 1 atom stereocenters. The van der Waals surface area contributed by atoms with Crippen LogP contribution in [0.2, 0.25) is 0 Å². The molecule has 1 unspecified atom stereocenters. The van der Waals surface area contributed by atoms with Crippen molar-refractivity contribution in [3.63, 3.8) is 0 Å². The first-order valence-corrected chi connectivity index (χ1v) is 8.95. The lowest BCUT2D eigenvalue weighted by Crippen LogP contribution is -2.41. The molecule has 0 spiro atoms. The lowest BCUT2D eigenvalue weighted by Gasteiger charge is -2.32. The Bertz CT molecular complexity index is 756. The summed E-state index contributed by atoms with van der Waals surface area (Å²) in [7, 11) is -2.88. The van der Waals surface area contributed by atoms with Crippen molar-refractivity contribution in [2.75, 3.05) is 24.6 Å². The number of rotatable bonds is 2. The van der Waals surface area contributed by atoms with Crippen LogP contribution in [-0.2, 0) is 9.84 Å². The molecule has 1 N–H and O–H groups in total. The quantitative estimate of drug-likeness (QED) is 0.925. The molecule has 1 aliphatic heterocycles. The molecule has 2 aromatic carbocycles. The molecule has 3 rings (SSSR count). The summed E-state index contributed by atoms with van der Waals surface area (Å²) in [5.74, 6) is 0.700. The van der Waals surface area contributed by atoms with Crippen LogP contribution in [0.1, 0.15) is 18.5 Å². The van der Waals surface area contributed by atoms with Gasteiger partial charge in [-0.25, -0.2) is 8.42 Å². The van der Waals surface area contributed by atoms with Gasteiger partial charge in [0.15, 0.2) is 9.84 Å². The van der Waals surface area contributed by atoms with Gasteiger partial charge in [0.25, 0.3) is 0 Å². The van der Waals surface area contributed by atoms with Crippen molar-refractivity contribution >= 4 is 20.6 Å². The van der Waals surface area contributed by atoms with Crippen molar-refractivity contribution in [1.82, 2.24) is 4.90 Å². The van der Waals surface area contributed by atoms with Crippen LogP contribution in [0.5, 0.6) is 5.75 Å². The Morgan fingerprint density at radius 2 is 1.76 bits per heavy atom. The van der Waals surface area contributed by atoms with E-state index in [2.05, 4.69) is 4.90 Å². The highest BCUT2D eigenvalue weighted by Gasteiger charge is 2.27. The van der Waals surface area contributed by atoms with Gasteiger partial charge >= 0.3 is 0 Å². The molecule has 2 aromatic rings. The first-order chi connectivity index (χ1) is 9.98. The number of nitrogens with zero attached hydrogens (tertiary/aromatic N) is 1. The zero-order valence-corrected chi connectivity index (χ0v) is 12.8. The van der Waals surface area contributed by atoms with Gasteiger partial charge in [-0.3, -0.25) is 4.90 Å². The van der Waals surface area contributed by atoms with Crippen molar-refractivity contribution in [3.05, 3.63) is 42.0 Å². The molecule has 1 aliphatic rings.